The lowest BCUT2D eigenvalue weighted by Crippen LogP contribution is -2.37. The summed E-state index contributed by atoms with van der Waals surface area (Å²) < 4.78 is 5.42. The van der Waals surface area contributed by atoms with Gasteiger partial charge in [0, 0.05) is 37.3 Å². The maximum absolute atomic E-state index is 5.42. The highest BCUT2D eigenvalue weighted by molar-refractivity contribution is 5.68. The Kier molecular flexibility index (Phi) is 7.11. The zero-order chi connectivity index (χ0) is 23.2. The zero-order valence-electron chi connectivity index (χ0n) is 19.6. The van der Waals surface area contributed by atoms with Gasteiger partial charge in [0.2, 0.25) is 11.9 Å². The molecule has 0 bridgehead atoms. The van der Waals surface area contributed by atoms with Gasteiger partial charge in [-0.3, -0.25) is 10.00 Å². The summed E-state index contributed by atoms with van der Waals surface area (Å²) in [6.45, 7) is 7.55. The van der Waals surface area contributed by atoms with Gasteiger partial charge in [-0.1, -0.05) is 35.9 Å². The minimum absolute atomic E-state index is 0.475. The van der Waals surface area contributed by atoms with Gasteiger partial charge in [-0.05, 0) is 44.4 Å². The Labute approximate surface area is 200 Å². The highest BCUT2D eigenvalue weighted by atomic mass is 16.5. The number of aromatic amines is 1. The lowest BCUT2D eigenvalue weighted by molar-refractivity contribution is 0.0378. The largest absolute Gasteiger partial charge is 0.379 e. The molecule has 3 N–H and O–H groups in total. The number of hydrogen-bond donors (Lipinski definition) is 3. The third kappa shape index (κ3) is 6.39. The van der Waals surface area contributed by atoms with Crippen LogP contribution in [0.5, 0.6) is 0 Å². The van der Waals surface area contributed by atoms with Gasteiger partial charge in [-0.2, -0.15) is 20.1 Å². The molecule has 1 aliphatic heterocycles. The highest BCUT2D eigenvalue weighted by Crippen LogP contribution is 2.39. The maximum Gasteiger partial charge on any atom is 0.233 e. The summed E-state index contributed by atoms with van der Waals surface area (Å²) in [6, 6.07) is 10.4. The molecule has 178 valence electrons. The van der Waals surface area contributed by atoms with Crippen molar-refractivity contribution >= 4 is 29.9 Å². The standard InChI is InChI=1S/C25H32N8O/c1-18-4-2-5-19(16-18)6-9-22-27-24(26-10-3-11-33-12-14-34-15-13-33)30-25(28-22)29-23-17-21(31-32-23)20-7-8-20/h2,4-6,9,16-17,20H,3,7-8,10-15H2,1H3,(H3,26,27,28,29,30,31,32)/b9-6+. The fraction of sp³-hybridized carbons (Fsp3) is 0.440. The first kappa shape index (κ1) is 22.5. The smallest absolute Gasteiger partial charge is 0.233 e. The molecule has 3 aromatic rings. The van der Waals surface area contributed by atoms with Crippen LogP contribution in [0, 0.1) is 6.92 Å². The van der Waals surface area contributed by atoms with Crippen LogP contribution in [-0.4, -0.2) is 69.4 Å². The van der Waals surface area contributed by atoms with Crippen molar-refractivity contribution in [1.29, 1.82) is 0 Å². The average molecular weight is 461 g/mol. The molecule has 1 saturated carbocycles. The van der Waals surface area contributed by atoms with Gasteiger partial charge in [0.15, 0.2) is 11.6 Å². The van der Waals surface area contributed by atoms with E-state index in [1.54, 1.807) is 0 Å². The van der Waals surface area contributed by atoms with Crippen LogP contribution in [0.25, 0.3) is 12.2 Å². The average Bonchev–Trinajstić information content (AvgIpc) is 3.60. The SMILES string of the molecule is Cc1cccc(/C=C/c2nc(NCCCN3CCOCC3)nc(Nc3cc(C4CC4)[nH]n3)n2)c1. The number of nitrogens with one attached hydrogen (secondary N) is 3. The number of nitrogens with zero attached hydrogens (tertiary/aromatic N) is 5. The third-order valence-electron chi connectivity index (χ3n) is 6.01. The monoisotopic (exact) mass is 460 g/mol. The number of morpholine rings is 1. The topological polar surface area (TPSA) is 104 Å². The van der Waals surface area contributed by atoms with Gasteiger partial charge in [0.05, 0.1) is 13.2 Å². The van der Waals surface area contributed by atoms with E-state index >= 15 is 0 Å². The quantitative estimate of drug-likeness (QED) is 0.392. The number of H-pyrrole nitrogens is 1. The molecule has 3 heterocycles. The van der Waals surface area contributed by atoms with Crippen LogP contribution in [-0.2, 0) is 4.74 Å². The Balaban J connectivity index is 1.27. The molecule has 1 aromatic carbocycles. The molecule has 1 aliphatic carbocycles. The summed E-state index contributed by atoms with van der Waals surface area (Å²) >= 11 is 0. The van der Waals surface area contributed by atoms with Gasteiger partial charge in [0.25, 0.3) is 0 Å². The van der Waals surface area contributed by atoms with Crippen molar-refractivity contribution in [2.45, 2.75) is 32.1 Å². The second kappa shape index (κ2) is 10.8. The van der Waals surface area contributed by atoms with Crippen LogP contribution < -0.4 is 10.6 Å². The Morgan fingerprint density at radius 3 is 2.76 bits per heavy atom. The summed E-state index contributed by atoms with van der Waals surface area (Å²) in [5.74, 6) is 2.95. The van der Waals surface area contributed by atoms with E-state index in [9.17, 15) is 0 Å². The molecule has 5 rings (SSSR count). The third-order valence-corrected chi connectivity index (χ3v) is 6.01. The predicted octanol–water partition coefficient (Wildman–Crippen LogP) is 3.83. The molecule has 2 fully saturated rings. The number of ether oxygens (including phenoxy) is 1. The molecule has 0 spiro atoms. The lowest BCUT2D eigenvalue weighted by Gasteiger charge is -2.26. The number of rotatable bonds is 10. The minimum Gasteiger partial charge on any atom is -0.379 e. The van der Waals surface area contributed by atoms with Crippen LogP contribution in [0.2, 0.25) is 0 Å². The zero-order valence-corrected chi connectivity index (χ0v) is 19.6. The molecule has 9 heteroatoms. The summed E-state index contributed by atoms with van der Waals surface area (Å²) in [7, 11) is 0. The summed E-state index contributed by atoms with van der Waals surface area (Å²) in [4.78, 5) is 16.2. The first-order chi connectivity index (χ1) is 16.7. The molecule has 0 radical (unpaired) electrons. The van der Waals surface area contributed by atoms with Crippen LogP contribution in [0.15, 0.2) is 30.3 Å². The summed E-state index contributed by atoms with van der Waals surface area (Å²) in [5, 5.41) is 14.1. The Morgan fingerprint density at radius 1 is 1.09 bits per heavy atom. The van der Waals surface area contributed by atoms with Crippen LogP contribution in [0.3, 0.4) is 0 Å². The minimum atomic E-state index is 0.475. The van der Waals surface area contributed by atoms with Gasteiger partial charge in [-0.25, -0.2) is 0 Å². The van der Waals surface area contributed by atoms with Gasteiger partial charge < -0.3 is 15.4 Å². The fourth-order valence-electron chi connectivity index (χ4n) is 3.99. The molecule has 2 aliphatic rings. The van der Waals surface area contributed by atoms with Gasteiger partial charge >= 0.3 is 0 Å². The molecule has 1 saturated heterocycles. The van der Waals surface area contributed by atoms with E-state index in [1.165, 1.54) is 18.4 Å². The highest BCUT2D eigenvalue weighted by Gasteiger charge is 2.25. The van der Waals surface area contributed by atoms with Gasteiger partial charge in [0.1, 0.15) is 0 Å². The summed E-state index contributed by atoms with van der Waals surface area (Å²) in [5.41, 5.74) is 3.49. The van der Waals surface area contributed by atoms with E-state index < -0.39 is 0 Å². The molecule has 0 unspecified atom stereocenters. The second-order valence-electron chi connectivity index (χ2n) is 8.93. The van der Waals surface area contributed by atoms with E-state index in [4.69, 9.17) is 4.74 Å². The normalized spacial score (nSPS) is 16.7. The van der Waals surface area contributed by atoms with Crippen molar-refractivity contribution in [2.75, 3.05) is 50.0 Å². The van der Waals surface area contributed by atoms with E-state index in [0.29, 0.717) is 23.6 Å². The molecule has 9 nitrogen and oxygen atoms in total. The van der Waals surface area contributed by atoms with Crippen LogP contribution >= 0.6 is 0 Å². The second-order valence-corrected chi connectivity index (χ2v) is 8.93. The van der Waals surface area contributed by atoms with Crippen molar-refractivity contribution in [3.8, 4) is 0 Å². The van der Waals surface area contributed by atoms with Crippen molar-refractivity contribution in [3.05, 3.63) is 53.0 Å². The van der Waals surface area contributed by atoms with Crippen molar-refractivity contribution < 1.29 is 4.74 Å². The number of benzene rings is 1. The van der Waals surface area contributed by atoms with Crippen LogP contribution in [0.1, 0.15) is 47.8 Å². The summed E-state index contributed by atoms with van der Waals surface area (Å²) in [6.07, 6.45) is 7.39. The first-order valence-electron chi connectivity index (χ1n) is 12.1. The fourth-order valence-corrected chi connectivity index (χ4v) is 3.99. The Morgan fingerprint density at radius 2 is 1.94 bits per heavy atom. The molecule has 0 atom stereocenters. The van der Waals surface area contributed by atoms with Crippen molar-refractivity contribution in [1.82, 2.24) is 30.0 Å². The maximum atomic E-state index is 5.42. The number of aromatic nitrogens is 5. The van der Waals surface area contributed by atoms with E-state index in [-0.39, 0.29) is 0 Å². The van der Waals surface area contributed by atoms with Crippen molar-refractivity contribution in [2.24, 2.45) is 0 Å². The Hall–Kier alpha value is -3.30. The lowest BCUT2D eigenvalue weighted by atomic mass is 10.1. The van der Waals surface area contributed by atoms with E-state index in [1.807, 2.05) is 24.3 Å². The number of hydrogen-bond acceptors (Lipinski definition) is 8. The van der Waals surface area contributed by atoms with E-state index in [2.05, 4.69) is 65.8 Å². The molecular formula is C25H32N8O. The number of aryl methyl sites for hydroxylation is 1. The molecular weight excluding hydrogens is 428 g/mol. The number of anilines is 3. The molecule has 0 amide bonds. The first-order valence-corrected chi connectivity index (χ1v) is 12.1. The van der Waals surface area contributed by atoms with Crippen molar-refractivity contribution in [3.63, 3.8) is 0 Å². The molecule has 34 heavy (non-hydrogen) atoms. The van der Waals surface area contributed by atoms with E-state index in [0.717, 1.165) is 62.9 Å². The van der Waals surface area contributed by atoms with Crippen LogP contribution in [0.4, 0.5) is 17.7 Å². The van der Waals surface area contributed by atoms with Gasteiger partial charge in [-0.15, -0.1) is 0 Å². The molecule has 2 aromatic heterocycles. The Bertz CT molecular complexity index is 1120. The predicted molar refractivity (Wildman–Crippen MR) is 134 cm³/mol.